The maximum atomic E-state index is 10.4. The molecule has 1 saturated carbocycles. The number of hydrogen-bond acceptors (Lipinski definition) is 1. The SMILES string of the molecule is OC(Cc1ccc(Br)cc1)c1cccc(C2CC2)c1. The van der Waals surface area contributed by atoms with Crippen LogP contribution in [0.15, 0.2) is 53.0 Å². The number of aliphatic hydroxyl groups is 1. The predicted molar refractivity (Wildman–Crippen MR) is 81.2 cm³/mol. The van der Waals surface area contributed by atoms with Crippen LogP contribution in [0.5, 0.6) is 0 Å². The molecule has 0 aromatic heterocycles. The Hall–Kier alpha value is -1.12. The summed E-state index contributed by atoms with van der Waals surface area (Å²) < 4.78 is 1.07. The monoisotopic (exact) mass is 316 g/mol. The highest BCUT2D eigenvalue weighted by Gasteiger charge is 2.23. The van der Waals surface area contributed by atoms with Gasteiger partial charge < -0.3 is 5.11 Å². The molecule has 1 aliphatic rings. The largest absolute Gasteiger partial charge is 0.388 e. The zero-order valence-electron chi connectivity index (χ0n) is 10.7. The molecule has 0 radical (unpaired) electrons. The second-order valence-corrected chi connectivity index (χ2v) is 6.21. The van der Waals surface area contributed by atoms with Crippen LogP contribution in [0, 0.1) is 0 Å². The molecule has 0 bridgehead atoms. The van der Waals surface area contributed by atoms with E-state index in [1.54, 1.807) is 0 Å². The first-order chi connectivity index (χ1) is 9.22. The fraction of sp³-hybridized carbons (Fsp3) is 0.294. The van der Waals surface area contributed by atoms with Crippen molar-refractivity contribution in [2.24, 2.45) is 0 Å². The summed E-state index contributed by atoms with van der Waals surface area (Å²) in [7, 11) is 0. The van der Waals surface area contributed by atoms with Crippen molar-refractivity contribution in [2.75, 3.05) is 0 Å². The van der Waals surface area contributed by atoms with Gasteiger partial charge in [-0.2, -0.15) is 0 Å². The highest BCUT2D eigenvalue weighted by Crippen LogP contribution is 2.40. The molecule has 19 heavy (non-hydrogen) atoms. The Morgan fingerprint density at radius 3 is 2.53 bits per heavy atom. The van der Waals surface area contributed by atoms with Crippen molar-refractivity contribution in [1.29, 1.82) is 0 Å². The normalized spacial score (nSPS) is 16.3. The van der Waals surface area contributed by atoms with Crippen LogP contribution in [0.4, 0.5) is 0 Å². The number of rotatable bonds is 4. The van der Waals surface area contributed by atoms with Gasteiger partial charge in [0.15, 0.2) is 0 Å². The van der Waals surface area contributed by atoms with Gasteiger partial charge in [-0.05, 0) is 47.6 Å². The van der Waals surface area contributed by atoms with E-state index in [-0.39, 0.29) is 0 Å². The summed E-state index contributed by atoms with van der Waals surface area (Å²) in [6.45, 7) is 0. The van der Waals surface area contributed by atoms with Crippen molar-refractivity contribution in [3.8, 4) is 0 Å². The van der Waals surface area contributed by atoms with E-state index >= 15 is 0 Å². The molecule has 3 rings (SSSR count). The second-order valence-electron chi connectivity index (χ2n) is 5.29. The van der Waals surface area contributed by atoms with Gasteiger partial charge in [0, 0.05) is 10.9 Å². The maximum absolute atomic E-state index is 10.4. The maximum Gasteiger partial charge on any atom is 0.0830 e. The van der Waals surface area contributed by atoms with E-state index in [9.17, 15) is 5.11 Å². The molecule has 2 heteroatoms. The van der Waals surface area contributed by atoms with Gasteiger partial charge in [-0.25, -0.2) is 0 Å². The Morgan fingerprint density at radius 1 is 1.11 bits per heavy atom. The molecular weight excluding hydrogens is 300 g/mol. The fourth-order valence-electron chi connectivity index (χ4n) is 2.40. The summed E-state index contributed by atoms with van der Waals surface area (Å²) in [5.41, 5.74) is 3.58. The Balaban J connectivity index is 1.74. The minimum absolute atomic E-state index is 0.417. The lowest BCUT2D eigenvalue weighted by molar-refractivity contribution is 0.178. The van der Waals surface area contributed by atoms with Gasteiger partial charge in [-0.15, -0.1) is 0 Å². The Kier molecular flexibility index (Phi) is 3.72. The molecule has 0 heterocycles. The molecule has 2 aromatic rings. The Morgan fingerprint density at radius 2 is 1.84 bits per heavy atom. The van der Waals surface area contributed by atoms with Gasteiger partial charge in [-0.1, -0.05) is 52.3 Å². The van der Waals surface area contributed by atoms with E-state index in [2.05, 4.69) is 46.3 Å². The third-order valence-electron chi connectivity index (χ3n) is 3.69. The van der Waals surface area contributed by atoms with Crippen LogP contribution in [0.25, 0.3) is 0 Å². The Labute approximate surface area is 122 Å². The van der Waals surface area contributed by atoms with Crippen LogP contribution in [-0.4, -0.2) is 5.11 Å². The smallest absolute Gasteiger partial charge is 0.0830 e. The first-order valence-corrected chi connectivity index (χ1v) is 7.54. The van der Waals surface area contributed by atoms with Gasteiger partial charge in [-0.3, -0.25) is 0 Å². The van der Waals surface area contributed by atoms with Crippen LogP contribution in [0.2, 0.25) is 0 Å². The molecule has 1 unspecified atom stereocenters. The van der Waals surface area contributed by atoms with Crippen molar-refractivity contribution in [1.82, 2.24) is 0 Å². The first-order valence-electron chi connectivity index (χ1n) is 6.75. The van der Waals surface area contributed by atoms with Crippen molar-refractivity contribution in [3.05, 3.63) is 69.7 Å². The Bertz CT molecular complexity index is 558. The summed E-state index contributed by atoms with van der Waals surface area (Å²) in [5.74, 6) is 0.736. The highest BCUT2D eigenvalue weighted by molar-refractivity contribution is 9.10. The molecule has 0 aliphatic heterocycles. The zero-order chi connectivity index (χ0) is 13.2. The molecule has 98 valence electrons. The minimum atomic E-state index is -0.417. The average Bonchev–Trinajstić information content (AvgIpc) is 3.26. The third-order valence-corrected chi connectivity index (χ3v) is 4.22. The molecule has 1 N–H and O–H groups in total. The molecule has 1 atom stereocenters. The predicted octanol–water partition coefficient (Wildman–Crippen LogP) is 4.60. The number of benzene rings is 2. The topological polar surface area (TPSA) is 20.2 Å². The van der Waals surface area contributed by atoms with Gasteiger partial charge in [0.25, 0.3) is 0 Å². The van der Waals surface area contributed by atoms with Crippen LogP contribution in [0.1, 0.15) is 41.6 Å². The van der Waals surface area contributed by atoms with Gasteiger partial charge in [0.2, 0.25) is 0 Å². The van der Waals surface area contributed by atoms with Crippen molar-refractivity contribution < 1.29 is 5.11 Å². The molecule has 1 aliphatic carbocycles. The van der Waals surface area contributed by atoms with E-state index in [4.69, 9.17) is 0 Å². The summed E-state index contributed by atoms with van der Waals surface area (Å²) in [4.78, 5) is 0. The van der Waals surface area contributed by atoms with E-state index in [0.29, 0.717) is 6.42 Å². The van der Waals surface area contributed by atoms with E-state index in [1.165, 1.54) is 18.4 Å². The lowest BCUT2D eigenvalue weighted by Gasteiger charge is -2.12. The van der Waals surface area contributed by atoms with Crippen molar-refractivity contribution in [3.63, 3.8) is 0 Å². The lowest BCUT2D eigenvalue weighted by atomic mass is 9.98. The standard InChI is InChI=1S/C17H17BrO/c18-16-8-4-12(5-9-16)10-17(19)15-3-1-2-14(11-15)13-6-7-13/h1-5,8-9,11,13,17,19H,6-7,10H2. The quantitative estimate of drug-likeness (QED) is 0.873. The van der Waals surface area contributed by atoms with Crippen molar-refractivity contribution >= 4 is 15.9 Å². The summed E-state index contributed by atoms with van der Waals surface area (Å²) in [5, 5.41) is 10.4. The number of halogens is 1. The lowest BCUT2D eigenvalue weighted by Crippen LogP contribution is -2.02. The first kappa shape index (κ1) is 12.9. The summed E-state index contributed by atoms with van der Waals surface area (Å²) in [6.07, 6.45) is 2.85. The van der Waals surface area contributed by atoms with Crippen LogP contribution in [-0.2, 0) is 6.42 Å². The van der Waals surface area contributed by atoms with E-state index in [1.807, 2.05) is 18.2 Å². The van der Waals surface area contributed by atoms with Gasteiger partial charge in [0.05, 0.1) is 6.10 Å². The molecule has 1 nitrogen and oxygen atoms in total. The fourth-order valence-corrected chi connectivity index (χ4v) is 2.66. The summed E-state index contributed by atoms with van der Waals surface area (Å²) in [6, 6.07) is 16.6. The van der Waals surface area contributed by atoms with Gasteiger partial charge >= 0.3 is 0 Å². The molecule has 2 aromatic carbocycles. The van der Waals surface area contributed by atoms with E-state index < -0.39 is 6.10 Å². The molecular formula is C17H17BrO. The molecule has 1 fully saturated rings. The average molecular weight is 317 g/mol. The zero-order valence-corrected chi connectivity index (χ0v) is 12.3. The van der Waals surface area contributed by atoms with Crippen molar-refractivity contribution in [2.45, 2.75) is 31.3 Å². The van der Waals surface area contributed by atoms with Crippen LogP contribution < -0.4 is 0 Å². The van der Waals surface area contributed by atoms with E-state index in [0.717, 1.165) is 21.5 Å². The van der Waals surface area contributed by atoms with Crippen LogP contribution >= 0.6 is 15.9 Å². The third kappa shape index (κ3) is 3.26. The summed E-state index contributed by atoms with van der Waals surface area (Å²) >= 11 is 3.43. The molecule has 0 spiro atoms. The van der Waals surface area contributed by atoms with Gasteiger partial charge in [0.1, 0.15) is 0 Å². The second kappa shape index (κ2) is 5.48. The molecule has 0 amide bonds. The minimum Gasteiger partial charge on any atom is -0.388 e. The molecule has 0 saturated heterocycles. The van der Waals surface area contributed by atoms with Crippen LogP contribution in [0.3, 0.4) is 0 Å². The number of aliphatic hydroxyl groups excluding tert-OH is 1. The highest BCUT2D eigenvalue weighted by atomic mass is 79.9. The number of hydrogen-bond donors (Lipinski definition) is 1.